The normalized spacial score (nSPS) is 15.0. The highest BCUT2D eigenvalue weighted by molar-refractivity contribution is 6.06. The van der Waals surface area contributed by atoms with E-state index < -0.39 is 5.41 Å². The fraction of sp³-hybridized carbons (Fsp3) is 0.0222. The van der Waals surface area contributed by atoms with E-state index in [-0.39, 0.29) is 0 Å². The Labute approximate surface area is 288 Å². The van der Waals surface area contributed by atoms with E-state index in [1.165, 1.54) is 0 Å². The molecule has 1 spiro atoms. The number of aromatic nitrogens is 3. The molecule has 2 heterocycles. The molecule has 1 atom stereocenters. The van der Waals surface area contributed by atoms with Gasteiger partial charge in [0.05, 0.1) is 22.6 Å². The molecule has 1 unspecified atom stereocenters. The van der Waals surface area contributed by atoms with Crippen molar-refractivity contribution in [2.75, 3.05) is 0 Å². The van der Waals surface area contributed by atoms with Crippen molar-refractivity contribution >= 4 is 10.8 Å². The lowest BCUT2D eigenvalue weighted by molar-refractivity contribution is 0.437. The Bertz CT molecular complexity index is 2640. The van der Waals surface area contributed by atoms with Crippen LogP contribution in [0.5, 0.6) is 11.5 Å². The van der Waals surface area contributed by atoms with Crippen molar-refractivity contribution in [3.05, 3.63) is 186 Å². The molecule has 0 saturated heterocycles. The van der Waals surface area contributed by atoms with Crippen LogP contribution in [0.15, 0.2) is 158 Å². The summed E-state index contributed by atoms with van der Waals surface area (Å²) in [6.07, 6.45) is 0. The van der Waals surface area contributed by atoms with Crippen LogP contribution in [0.2, 0.25) is 0 Å². The van der Waals surface area contributed by atoms with E-state index in [2.05, 4.69) is 72.8 Å². The summed E-state index contributed by atoms with van der Waals surface area (Å²) < 4.78 is 6.95. The summed E-state index contributed by atoms with van der Waals surface area (Å²) in [6, 6.07) is 56.0. The first kappa shape index (κ1) is 28.1. The van der Waals surface area contributed by atoms with Gasteiger partial charge < -0.3 is 4.74 Å². The zero-order chi connectivity index (χ0) is 33.2. The van der Waals surface area contributed by atoms with E-state index in [0.29, 0.717) is 28.8 Å². The van der Waals surface area contributed by atoms with Gasteiger partial charge in [-0.15, -0.1) is 0 Å². The Hall–Kier alpha value is -6.90. The molecule has 5 heteroatoms. The summed E-state index contributed by atoms with van der Waals surface area (Å²) in [5.74, 6) is 3.12. The predicted octanol–water partition coefficient (Wildman–Crippen LogP) is 10.4. The molecule has 2 aliphatic rings. The quantitative estimate of drug-likeness (QED) is 0.193. The number of rotatable bonds is 3. The first-order valence-corrected chi connectivity index (χ1v) is 16.6. The second kappa shape index (κ2) is 10.8. The maximum atomic E-state index is 10.5. The van der Waals surface area contributed by atoms with Crippen molar-refractivity contribution in [2.24, 2.45) is 0 Å². The minimum Gasteiger partial charge on any atom is -0.456 e. The zero-order valence-electron chi connectivity index (χ0n) is 26.7. The van der Waals surface area contributed by atoms with Gasteiger partial charge in [-0.3, -0.25) is 0 Å². The van der Waals surface area contributed by atoms with Crippen LogP contribution in [0.25, 0.3) is 56.1 Å². The highest BCUT2D eigenvalue weighted by Gasteiger charge is 2.52. The van der Waals surface area contributed by atoms with Gasteiger partial charge in [0.15, 0.2) is 17.5 Å². The van der Waals surface area contributed by atoms with Crippen molar-refractivity contribution in [1.29, 1.82) is 5.26 Å². The number of fused-ring (bicyclic) bond motifs is 11. The van der Waals surface area contributed by atoms with Gasteiger partial charge >= 0.3 is 0 Å². The first-order valence-electron chi connectivity index (χ1n) is 16.6. The van der Waals surface area contributed by atoms with Crippen LogP contribution in [0.3, 0.4) is 0 Å². The summed E-state index contributed by atoms with van der Waals surface area (Å²) in [4.78, 5) is 15.1. The molecule has 5 nitrogen and oxygen atoms in total. The fourth-order valence-corrected chi connectivity index (χ4v) is 7.98. The largest absolute Gasteiger partial charge is 0.456 e. The van der Waals surface area contributed by atoms with Crippen molar-refractivity contribution in [1.82, 2.24) is 15.0 Å². The van der Waals surface area contributed by atoms with Gasteiger partial charge in [-0.2, -0.15) is 5.26 Å². The summed E-state index contributed by atoms with van der Waals surface area (Å²) in [5, 5.41) is 12.5. The Balaban J connectivity index is 1.31. The molecular weight excluding hydrogens is 613 g/mol. The molecule has 1 aromatic heterocycles. The van der Waals surface area contributed by atoms with Gasteiger partial charge in [-0.25, -0.2) is 15.0 Å². The smallest absolute Gasteiger partial charge is 0.167 e. The van der Waals surface area contributed by atoms with Crippen molar-refractivity contribution in [3.8, 4) is 62.9 Å². The van der Waals surface area contributed by atoms with Crippen LogP contribution >= 0.6 is 0 Å². The third-order valence-electron chi connectivity index (χ3n) is 10.0. The van der Waals surface area contributed by atoms with Crippen LogP contribution in [0, 0.1) is 11.3 Å². The minimum absolute atomic E-state index is 0.520. The van der Waals surface area contributed by atoms with Crippen LogP contribution in [0.4, 0.5) is 0 Å². The van der Waals surface area contributed by atoms with Crippen molar-refractivity contribution in [3.63, 3.8) is 0 Å². The zero-order valence-corrected chi connectivity index (χ0v) is 26.7. The third-order valence-corrected chi connectivity index (χ3v) is 10.0. The Morgan fingerprint density at radius 1 is 0.480 bits per heavy atom. The van der Waals surface area contributed by atoms with E-state index in [0.717, 1.165) is 66.6 Å². The maximum absolute atomic E-state index is 10.5. The summed E-state index contributed by atoms with van der Waals surface area (Å²) >= 11 is 0. The van der Waals surface area contributed by atoms with E-state index in [4.69, 9.17) is 19.7 Å². The van der Waals surface area contributed by atoms with Gasteiger partial charge in [0.25, 0.3) is 0 Å². The SMILES string of the molecule is N#Cc1cc2c(c3ccccc13)-c1ccccc1C21c2ccccc2Oc2c(-c3nc(-c4ccccc4)nc(-c4ccccc4)n3)cccc21. The highest BCUT2D eigenvalue weighted by atomic mass is 16.5. The van der Waals surface area contributed by atoms with Crippen molar-refractivity contribution < 1.29 is 4.74 Å². The van der Waals surface area contributed by atoms with Crippen LogP contribution in [0.1, 0.15) is 27.8 Å². The van der Waals surface area contributed by atoms with Crippen LogP contribution in [-0.2, 0) is 5.41 Å². The third kappa shape index (κ3) is 3.90. The summed E-state index contributed by atoms with van der Waals surface area (Å²) in [7, 11) is 0. The fourth-order valence-electron chi connectivity index (χ4n) is 7.98. The number of benzene rings is 7. The van der Waals surface area contributed by atoms with E-state index in [1.54, 1.807) is 0 Å². The van der Waals surface area contributed by atoms with Crippen molar-refractivity contribution in [2.45, 2.75) is 5.41 Å². The van der Waals surface area contributed by atoms with Gasteiger partial charge in [0, 0.05) is 27.6 Å². The molecule has 0 fully saturated rings. The Morgan fingerprint density at radius 2 is 1.04 bits per heavy atom. The predicted molar refractivity (Wildman–Crippen MR) is 196 cm³/mol. The topological polar surface area (TPSA) is 71.7 Å². The summed E-state index contributed by atoms with van der Waals surface area (Å²) in [6.45, 7) is 0. The van der Waals surface area contributed by atoms with Gasteiger partial charge in [0.2, 0.25) is 0 Å². The second-order valence-corrected chi connectivity index (χ2v) is 12.6. The minimum atomic E-state index is -0.765. The lowest BCUT2D eigenvalue weighted by atomic mass is 9.65. The number of ether oxygens (including phenoxy) is 1. The lowest BCUT2D eigenvalue weighted by Gasteiger charge is -2.40. The first-order chi connectivity index (χ1) is 24.8. The molecule has 0 saturated carbocycles. The average Bonchev–Trinajstić information content (AvgIpc) is 3.48. The number of nitrogens with zero attached hydrogens (tertiary/aromatic N) is 4. The number of nitriles is 1. The molecule has 232 valence electrons. The molecule has 50 heavy (non-hydrogen) atoms. The van der Waals surface area contributed by atoms with Gasteiger partial charge in [-0.1, -0.05) is 140 Å². The standard InChI is InChI=1S/C45H26N4O/c46-27-30-26-38-40(32-19-8-7-18-31(30)32)33-20-9-10-22-35(33)45(38)36-23-11-12-25-39(36)50-41-34(21-13-24-37(41)45)44-48-42(28-14-3-1-4-15-28)47-43(49-44)29-16-5-2-6-17-29/h1-26H. The average molecular weight is 639 g/mol. The van der Waals surface area contributed by atoms with Gasteiger partial charge in [0.1, 0.15) is 11.5 Å². The molecule has 1 aliphatic heterocycles. The summed E-state index contributed by atoms with van der Waals surface area (Å²) in [5.41, 5.74) is 8.94. The molecule has 0 bridgehead atoms. The molecule has 7 aromatic carbocycles. The second-order valence-electron chi connectivity index (χ2n) is 12.6. The molecular formula is C45H26N4O. The number of hydrogen-bond donors (Lipinski definition) is 0. The maximum Gasteiger partial charge on any atom is 0.167 e. The van der Waals surface area contributed by atoms with E-state index in [1.807, 2.05) is 91.0 Å². The molecule has 10 rings (SSSR count). The Morgan fingerprint density at radius 3 is 1.76 bits per heavy atom. The van der Waals surface area contributed by atoms with Gasteiger partial charge in [-0.05, 0) is 45.8 Å². The number of hydrogen-bond acceptors (Lipinski definition) is 5. The monoisotopic (exact) mass is 638 g/mol. The molecule has 0 radical (unpaired) electrons. The van der Waals surface area contributed by atoms with E-state index in [9.17, 15) is 5.26 Å². The van der Waals surface area contributed by atoms with Crippen LogP contribution in [-0.4, -0.2) is 15.0 Å². The highest BCUT2D eigenvalue weighted by Crippen LogP contribution is 2.64. The molecule has 1 aliphatic carbocycles. The lowest BCUT2D eigenvalue weighted by Crippen LogP contribution is -2.32. The molecule has 8 aromatic rings. The molecule has 0 N–H and O–H groups in total. The number of para-hydroxylation sites is 2. The van der Waals surface area contributed by atoms with Crippen LogP contribution < -0.4 is 4.74 Å². The Kier molecular flexibility index (Phi) is 6.09. The van der Waals surface area contributed by atoms with E-state index >= 15 is 0 Å². The molecule has 0 amide bonds.